The first-order valence-electron chi connectivity index (χ1n) is 3.04. The molecule has 0 spiro atoms. The Balaban J connectivity index is 0.00000121. The average Bonchev–Trinajstić information content (AvgIpc) is 1.86. The van der Waals surface area contributed by atoms with Crippen molar-refractivity contribution in [1.29, 1.82) is 0 Å². The van der Waals surface area contributed by atoms with Crippen molar-refractivity contribution in [3.63, 3.8) is 0 Å². The summed E-state index contributed by atoms with van der Waals surface area (Å²) < 4.78 is 29.6. The van der Waals surface area contributed by atoms with Gasteiger partial charge in [0.15, 0.2) is 0 Å². The third-order valence-corrected chi connectivity index (χ3v) is 2.19. The predicted molar refractivity (Wildman–Crippen MR) is 41.0 cm³/mol. The molecule has 0 bridgehead atoms. The zero-order valence-corrected chi connectivity index (χ0v) is 7.86. The van der Waals surface area contributed by atoms with Gasteiger partial charge in [0.05, 0.1) is 4.90 Å². The summed E-state index contributed by atoms with van der Waals surface area (Å²) in [6.07, 6.45) is 0. The van der Waals surface area contributed by atoms with Crippen LogP contribution in [0.2, 0.25) is 0 Å². The van der Waals surface area contributed by atoms with Gasteiger partial charge in [0.2, 0.25) is 0 Å². The van der Waals surface area contributed by atoms with Crippen molar-refractivity contribution in [1.82, 2.24) is 0 Å². The molecule has 0 unspecified atom stereocenters. The topological polar surface area (TPSA) is 54.4 Å². The summed E-state index contributed by atoms with van der Waals surface area (Å²) in [5.74, 6) is 0. The quantitative estimate of drug-likeness (QED) is 0.712. The fraction of sp³-hybridized carbons (Fsp3) is 0.143. The molecule has 68 valence electrons. The van der Waals surface area contributed by atoms with Gasteiger partial charge in [-0.3, -0.25) is 4.55 Å². The second kappa shape index (κ2) is 4.58. The van der Waals surface area contributed by atoms with Crippen LogP contribution < -0.4 is 0 Å². The van der Waals surface area contributed by atoms with Gasteiger partial charge in [0.25, 0.3) is 10.1 Å². The second-order valence-electron chi connectivity index (χ2n) is 2.29. The van der Waals surface area contributed by atoms with Gasteiger partial charge in [-0.2, -0.15) is 8.42 Å². The zero-order chi connectivity index (χ0) is 8.48. The van der Waals surface area contributed by atoms with Crippen molar-refractivity contribution < 1.29 is 50.7 Å². The second-order valence-corrected chi connectivity index (χ2v) is 3.71. The van der Waals surface area contributed by atoms with E-state index in [4.69, 9.17) is 4.55 Å². The first-order chi connectivity index (χ1) is 5.00. The minimum atomic E-state index is -4.02. The molecule has 1 N–H and O–H groups in total. The van der Waals surface area contributed by atoms with E-state index in [1.165, 1.54) is 12.1 Å². The minimum absolute atomic E-state index is 0. The van der Waals surface area contributed by atoms with E-state index in [9.17, 15) is 8.42 Å². The molecule has 0 aromatic heterocycles. The molecule has 0 aliphatic rings. The fourth-order valence-corrected chi connectivity index (χ4v) is 1.19. The van der Waals surface area contributed by atoms with E-state index < -0.39 is 10.1 Å². The van der Waals surface area contributed by atoms with Crippen LogP contribution in [0, 0.1) is 44.7 Å². The standard InChI is InChI=1S/C7H8O3S.Ar/c1-6-2-4-7(5-3-6)11(8,9)10;/h2-5H,1H3,(H,8,9,10);. The van der Waals surface area contributed by atoms with Crippen molar-refractivity contribution in [2.45, 2.75) is 11.8 Å². The Labute approximate surface area is 102 Å². The number of hydrogen-bond donors (Lipinski definition) is 1. The van der Waals surface area contributed by atoms with E-state index in [0.717, 1.165) is 5.56 Å². The van der Waals surface area contributed by atoms with Gasteiger partial charge < -0.3 is 0 Å². The summed E-state index contributed by atoms with van der Waals surface area (Å²) in [6.45, 7) is 1.84. The molecule has 5 heteroatoms. The van der Waals surface area contributed by atoms with Crippen LogP contribution in [0.15, 0.2) is 29.2 Å². The SMILES string of the molecule is Cc1ccc(S(=O)(=O)O)cc1.[Ar]. The van der Waals surface area contributed by atoms with Crippen LogP contribution in [0.5, 0.6) is 0 Å². The molecular formula is C7H8ArO3S. The van der Waals surface area contributed by atoms with Crippen molar-refractivity contribution in [3.05, 3.63) is 29.8 Å². The summed E-state index contributed by atoms with van der Waals surface area (Å²) in [6, 6.07) is 5.99. The Bertz CT molecular complexity index is 341. The Morgan fingerprint density at radius 2 is 1.58 bits per heavy atom. The van der Waals surface area contributed by atoms with E-state index in [2.05, 4.69) is 0 Å². The van der Waals surface area contributed by atoms with Crippen molar-refractivity contribution in [2.24, 2.45) is 0 Å². The van der Waals surface area contributed by atoms with Gasteiger partial charge in [-0.1, -0.05) is 17.7 Å². The molecule has 1 aromatic carbocycles. The van der Waals surface area contributed by atoms with Gasteiger partial charge in [-0.05, 0) is 19.1 Å². The van der Waals surface area contributed by atoms with Gasteiger partial charge in [0.1, 0.15) is 0 Å². The largest absolute Gasteiger partial charge is 0.294 e. The Hall–Kier alpha value is 0.390. The van der Waals surface area contributed by atoms with Crippen LogP contribution in [0.1, 0.15) is 5.56 Å². The Morgan fingerprint density at radius 1 is 1.17 bits per heavy atom. The van der Waals surface area contributed by atoms with Crippen molar-refractivity contribution >= 4 is 10.1 Å². The van der Waals surface area contributed by atoms with E-state index in [1.54, 1.807) is 12.1 Å². The van der Waals surface area contributed by atoms with Crippen molar-refractivity contribution in [3.8, 4) is 0 Å². The van der Waals surface area contributed by atoms with E-state index >= 15 is 0 Å². The molecule has 0 aliphatic carbocycles. The minimum Gasteiger partial charge on any atom is -0.282 e. The summed E-state index contributed by atoms with van der Waals surface area (Å²) in [5, 5.41) is 0. The number of hydrogen-bond acceptors (Lipinski definition) is 2. The van der Waals surface area contributed by atoms with Gasteiger partial charge in [0, 0.05) is 37.7 Å². The molecule has 1 rings (SSSR count). The Morgan fingerprint density at radius 3 is 1.92 bits per heavy atom. The third kappa shape index (κ3) is 3.41. The maximum absolute atomic E-state index is 10.5. The summed E-state index contributed by atoms with van der Waals surface area (Å²) in [7, 11) is -4.02. The molecule has 0 saturated carbocycles. The zero-order valence-electron chi connectivity index (χ0n) is 6.33. The molecule has 0 heterocycles. The third-order valence-electron chi connectivity index (χ3n) is 1.32. The first kappa shape index (κ1) is 12.4. The molecule has 0 radical (unpaired) electrons. The molecule has 3 nitrogen and oxygen atoms in total. The molecule has 0 atom stereocenters. The van der Waals surface area contributed by atoms with Crippen LogP contribution in [-0.4, -0.2) is 13.0 Å². The van der Waals surface area contributed by atoms with Crippen molar-refractivity contribution in [2.75, 3.05) is 0 Å². The van der Waals surface area contributed by atoms with E-state index in [-0.39, 0.29) is 42.6 Å². The number of benzene rings is 1. The Kier molecular flexibility index (Phi) is 4.73. The van der Waals surface area contributed by atoms with E-state index in [0.29, 0.717) is 0 Å². The normalized spacial score (nSPS) is 10.5. The molecule has 0 aliphatic heterocycles. The first-order valence-corrected chi connectivity index (χ1v) is 4.48. The van der Waals surface area contributed by atoms with Crippen LogP contribution in [0.25, 0.3) is 0 Å². The van der Waals surface area contributed by atoms with Crippen LogP contribution in [0.3, 0.4) is 0 Å². The van der Waals surface area contributed by atoms with Gasteiger partial charge in [-0.25, -0.2) is 0 Å². The maximum Gasteiger partial charge on any atom is 0.294 e. The predicted octanol–water partition coefficient (Wildman–Crippen LogP) is 1.24. The molecule has 0 amide bonds. The average molecular weight is 212 g/mol. The van der Waals surface area contributed by atoms with Gasteiger partial charge >= 0.3 is 0 Å². The van der Waals surface area contributed by atoms with E-state index in [1.807, 2.05) is 6.92 Å². The molecule has 12 heavy (non-hydrogen) atoms. The summed E-state index contributed by atoms with van der Waals surface area (Å²) in [5.41, 5.74) is 0.956. The summed E-state index contributed by atoms with van der Waals surface area (Å²) >= 11 is 0. The van der Waals surface area contributed by atoms with Crippen LogP contribution in [0.4, 0.5) is 0 Å². The number of aryl methyl sites for hydroxylation is 1. The monoisotopic (exact) mass is 212 g/mol. The molecule has 1 aromatic rings. The molecular weight excluding hydrogens is 204 g/mol. The molecule has 0 fully saturated rings. The molecule has 0 saturated heterocycles. The maximum atomic E-state index is 10.5. The smallest absolute Gasteiger partial charge is 0.282 e. The number of rotatable bonds is 1. The van der Waals surface area contributed by atoms with Crippen LogP contribution >= 0.6 is 0 Å². The summed E-state index contributed by atoms with van der Waals surface area (Å²) in [4.78, 5) is -0.0666. The van der Waals surface area contributed by atoms with Gasteiger partial charge in [-0.15, -0.1) is 0 Å². The fourth-order valence-electron chi connectivity index (χ4n) is 0.710. The van der Waals surface area contributed by atoms with Crippen LogP contribution in [-0.2, 0) is 10.1 Å².